The highest BCUT2D eigenvalue weighted by Crippen LogP contribution is 2.37. The van der Waals surface area contributed by atoms with Gasteiger partial charge < -0.3 is 10.9 Å². The van der Waals surface area contributed by atoms with Gasteiger partial charge in [-0.1, -0.05) is 31.1 Å². The second-order valence-electron chi connectivity index (χ2n) is 6.29. The van der Waals surface area contributed by atoms with Gasteiger partial charge in [0.2, 0.25) is 0 Å². The first-order valence-electron chi connectivity index (χ1n) is 7.83. The van der Waals surface area contributed by atoms with E-state index < -0.39 is 0 Å². The summed E-state index contributed by atoms with van der Waals surface area (Å²) < 4.78 is 0. The summed E-state index contributed by atoms with van der Waals surface area (Å²) in [5.41, 5.74) is 9.45. The van der Waals surface area contributed by atoms with E-state index in [-0.39, 0.29) is 5.84 Å². The summed E-state index contributed by atoms with van der Waals surface area (Å²) in [6.45, 7) is 10.1. The average Bonchev–Trinajstić information content (AvgIpc) is 2.92. The number of aryl methyl sites for hydroxylation is 1. The van der Waals surface area contributed by atoms with E-state index in [1.54, 1.807) is 0 Å². The van der Waals surface area contributed by atoms with E-state index in [0.717, 1.165) is 12.1 Å². The Bertz CT molecular complexity index is 521. The summed E-state index contributed by atoms with van der Waals surface area (Å²) in [7, 11) is 0. The van der Waals surface area contributed by atoms with Crippen LogP contribution in [0.15, 0.2) is 23.4 Å². The number of hydrogen-bond donors (Lipinski definition) is 2. The lowest BCUT2D eigenvalue weighted by Crippen LogP contribution is -2.26. The largest absolute Gasteiger partial charge is 0.409 e. The Hall–Kier alpha value is -1.55. The Morgan fingerprint density at radius 2 is 2.10 bits per heavy atom. The van der Waals surface area contributed by atoms with Crippen molar-refractivity contribution in [3.63, 3.8) is 0 Å². The highest BCUT2D eigenvalue weighted by Gasteiger charge is 2.34. The van der Waals surface area contributed by atoms with Gasteiger partial charge in [-0.15, -0.1) is 0 Å². The number of oxime groups is 1. The number of nitrogens with two attached hydrogens (primary N) is 1. The van der Waals surface area contributed by atoms with Crippen molar-refractivity contribution in [1.82, 2.24) is 4.90 Å². The summed E-state index contributed by atoms with van der Waals surface area (Å²) >= 11 is 0. The third-order valence-corrected chi connectivity index (χ3v) is 5.16. The van der Waals surface area contributed by atoms with Crippen LogP contribution in [0.1, 0.15) is 49.8 Å². The van der Waals surface area contributed by atoms with E-state index in [1.807, 2.05) is 12.1 Å². The highest BCUT2D eigenvalue weighted by atomic mass is 16.4. The molecule has 0 saturated carbocycles. The number of benzene rings is 1. The van der Waals surface area contributed by atoms with Gasteiger partial charge in [-0.25, -0.2) is 0 Å². The van der Waals surface area contributed by atoms with Crippen LogP contribution in [0.2, 0.25) is 0 Å². The SMILES string of the molecule is CCC1(CC)CCN(Cc2ccc(/C(N)=N/O)cc2C)C1. The fourth-order valence-electron chi connectivity index (χ4n) is 3.32. The summed E-state index contributed by atoms with van der Waals surface area (Å²) in [6, 6.07) is 6.02. The summed E-state index contributed by atoms with van der Waals surface area (Å²) in [5.74, 6) is 0.168. The quantitative estimate of drug-likeness (QED) is 0.379. The number of rotatable bonds is 5. The van der Waals surface area contributed by atoms with Crippen LogP contribution in [0.25, 0.3) is 0 Å². The number of likely N-dealkylation sites (tertiary alicyclic amines) is 1. The Kier molecular flexibility index (Phi) is 4.88. The van der Waals surface area contributed by atoms with Crippen molar-refractivity contribution < 1.29 is 5.21 Å². The third kappa shape index (κ3) is 3.38. The van der Waals surface area contributed by atoms with E-state index in [0.29, 0.717) is 5.41 Å². The molecular formula is C17H27N3O. The molecule has 0 atom stereocenters. The maximum Gasteiger partial charge on any atom is 0.170 e. The fraction of sp³-hybridized carbons (Fsp3) is 0.588. The maximum atomic E-state index is 8.74. The van der Waals surface area contributed by atoms with E-state index in [2.05, 4.69) is 36.9 Å². The van der Waals surface area contributed by atoms with Gasteiger partial charge >= 0.3 is 0 Å². The van der Waals surface area contributed by atoms with Gasteiger partial charge in [0.1, 0.15) is 0 Å². The second kappa shape index (κ2) is 6.48. The molecule has 4 heteroatoms. The minimum Gasteiger partial charge on any atom is -0.409 e. The zero-order valence-corrected chi connectivity index (χ0v) is 13.4. The van der Waals surface area contributed by atoms with Crippen LogP contribution in [-0.2, 0) is 6.54 Å². The summed E-state index contributed by atoms with van der Waals surface area (Å²) in [5, 5.41) is 11.8. The van der Waals surface area contributed by atoms with Gasteiger partial charge in [0.05, 0.1) is 0 Å². The van der Waals surface area contributed by atoms with Crippen LogP contribution >= 0.6 is 0 Å². The second-order valence-corrected chi connectivity index (χ2v) is 6.29. The molecule has 1 aromatic rings. The molecule has 0 radical (unpaired) electrons. The standard InChI is InChI=1S/C17H27N3O/c1-4-17(5-2)8-9-20(12-17)11-15-7-6-14(10-13(15)3)16(18)19-21/h6-7,10,21H,4-5,8-9,11-12H2,1-3H3,(H2,18,19). The third-order valence-electron chi connectivity index (χ3n) is 5.16. The zero-order valence-electron chi connectivity index (χ0n) is 13.4. The molecule has 21 heavy (non-hydrogen) atoms. The molecule has 116 valence electrons. The number of amidine groups is 1. The molecule has 4 nitrogen and oxygen atoms in total. The first kappa shape index (κ1) is 15.8. The van der Waals surface area contributed by atoms with Crippen molar-refractivity contribution in [2.45, 2.75) is 46.6 Å². The lowest BCUT2D eigenvalue weighted by Gasteiger charge is -2.26. The van der Waals surface area contributed by atoms with Gasteiger partial charge in [0.15, 0.2) is 5.84 Å². The van der Waals surface area contributed by atoms with Crippen LogP contribution in [0.3, 0.4) is 0 Å². The maximum absolute atomic E-state index is 8.74. The molecule has 1 heterocycles. The monoisotopic (exact) mass is 289 g/mol. The normalized spacial score (nSPS) is 19.1. The molecule has 0 spiro atoms. The molecule has 0 aromatic heterocycles. The minimum absolute atomic E-state index is 0.168. The Balaban J connectivity index is 2.08. The molecule has 1 aliphatic rings. The first-order chi connectivity index (χ1) is 10.0. The van der Waals surface area contributed by atoms with Crippen molar-refractivity contribution in [2.75, 3.05) is 13.1 Å². The predicted molar refractivity (Wildman–Crippen MR) is 86.6 cm³/mol. The average molecular weight is 289 g/mol. The smallest absolute Gasteiger partial charge is 0.170 e. The van der Waals surface area contributed by atoms with Crippen LogP contribution < -0.4 is 5.73 Å². The Morgan fingerprint density at radius 3 is 2.62 bits per heavy atom. The van der Waals surface area contributed by atoms with Gasteiger partial charge in [-0.05, 0) is 55.3 Å². The van der Waals surface area contributed by atoms with Crippen molar-refractivity contribution >= 4 is 5.84 Å². The highest BCUT2D eigenvalue weighted by molar-refractivity contribution is 5.97. The van der Waals surface area contributed by atoms with E-state index in [1.165, 1.54) is 43.5 Å². The van der Waals surface area contributed by atoms with Crippen LogP contribution in [0.4, 0.5) is 0 Å². The molecule has 2 rings (SSSR count). The fourth-order valence-corrected chi connectivity index (χ4v) is 3.32. The first-order valence-corrected chi connectivity index (χ1v) is 7.83. The van der Waals surface area contributed by atoms with Crippen molar-refractivity contribution in [1.29, 1.82) is 0 Å². The molecule has 0 unspecified atom stereocenters. The summed E-state index contributed by atoms with van der Waals surface area (Å²) in [6.07, 6.45) is 3.84. The van der Waals surface area contributed by atoms with E-state index in [9.17, 15) is 0 Å². The van der Waals surface area contributed by atoms with Gasteiger partial charge in [0.25, 0.3) is 0 Å². The lowest BCUT2D eigenvalue weighted by atomic mass is 9.82. The van der Waals surface area contributed by atoms with E-state index >= 15 is 0 Å². The van der Waals surface area contributed by atoms with Crippen molar-refractivity contribution in [3.05, 3.63) is 34.9 Å². The Labute approximate surface area is 127 Å². The lowest BCUT2D eigenvalue weighted by molar-refractivity contribution is 0.236. The molecule has 0 bridgehead atoms. The molecule has 1 fully saturated rings. The summed E-state index contributed by atoms with van der Waals surface area (Å²) in [4.78, 5) is 2.55. The Morgan fingerprint density at radius 1 is 1.38 bits per heavy atom. The molecule has 1 aliphatic heterocycles. The number of nitrogens with zero attached hydrogens (tertiary/aromatic N) is 2. The van der Waals surface area contributed by atoms with Gasteiger partial charge in [0, 0.05) is 18.7 Å². The predicted octanol–water partition coefficient (Wildman–Crippen LogP) is 3.10. The van der Waals surface area contributed by atoms with Crippen LogP contribution in [-0.4, -0.2) is 29.0 Å². The molecule has 0 aliphatic carbocycles. The minimum atomic E-state index is 0.168. The molecule has 0 amide bonds. The zero-order chi connectivity index (χ0) is 15.5. The van der Waals surface area contributed by atoms with Gasteiger partial charge in [-0.2, -0.15) is 0 Å². The van der Waals surface area contributed by atoms with Crippen molar-refractivity contribution in [2.24, 2.45) is 16.3 Å². The molecule has 3 N–H and O–H groups in total. The molecular weight excluding hydrogens is 262 g/mol. The number of hydrogen-bond acceptors (Lipinski definition) is 3. The molecule has 1 aromatic carbocycles. The molecule has 1 saturated heterocycles. The van der Waals surface area contributed by atoms with Crippen LogP contribution in [0.5, 0.6) is 0 Å². The van der Waals surface area contributed by atoms with Crippen LogP contribution in [0, 0.1) is 12.3 Å². The van der Waals surface area contributed by atoms with Gasteiger partial charge in [-0.3, -0.25) is 4.90 Å². The van der Waals surface area contributed by atoms with Crippen molar-refractivity contribution in [3.8, 4) is 0 Å². The topological polar surface area (TPSA) is 61.8 Å². The van der Waals surface area contributed by atoms with E-state index in [4.69, 9.17) is 10.9 Å².